The molecule has 18 heavy (non-hydrogen) atoms. The molecule has 0 amide bonds. The number of fused-ring (bicyclic) bond motifs is 3. The van der Waals surface area contributed by atoms with Crippen LogP contribution in [-0.4, -0.2) is 23.0 Å². The molecule has 94 valence electrons. The number of rotatable bonds is 1. The summed E-state index contributed by atoms with van der Waals surface area (Å²) < 4.78 is 0. The average molecular weight is 294 g/mol. The number of nitrogens with one attached hydrogen (secondary N) is 1. The second-order valence-corrected chi connectivity index (χ2v) is 7.93. The van der Waals surface area contributed by atoms with Crippen molar-refractivity contribution in [3.63, 3.8) is 0 Å². The molecule has 2 nitrogen and oxygen atoms in total. The van der Waals surface area contributed by atoms with Gasteiger partial charge in [-0.25, -0.2) is 4.98 Å². The first-order chi connectivity index (χ1) is 8.92. The van der Waals surface area contributed by atoms with Crippen LogP contribution >= 0.6 is 34.4 Å². The molecule has 1 aliphatic carbocycles. The van der Waals surface area contributed by atoms with E-state index >= 15 is 0 Å². The Morgan fingerprint density at radius 1 is 1.28 bits per heavy atom. The summed E-state index contributed by atoms with van der Waals surface area (Å²) in [7, 11) is 0. The van der Waals surface area contributed by atoms with Crippen LogP contribution in [0.1, 0.15) is 20.8 Å². The third-order valence-corrected chi connectivity index (χ3v) is 6.78. The summed E-state index contributed by atoms with van der Waals surface area (Å²) in [6.45, 7) is 1.11. The maximum Gasteiger partial charge on any atom is 0.111 e. The van der Waals surface area contributed by atoms with Gasteiger partial charge in [0.2, 0.25) is 0 Å². The standard InChI is InChI=1S/C13H14N2S3/c1-2-11-12(8-3-5-17-10(1)8)15-13(18-11)9-7-16-6-4-14-9/h3,5,9,14H,1-2,4,6-7H2. The third-order valence-electron chi connectivity index (χ3n) is 3.51. The molecule has 1 unspecified atom stereocenters. The predicted octanol–water partition coefficient (Wildman–Crippen LogP) is 3.35. The maximum absolute atomic E-state index is 4.94. The quantitative estimate of drug-likeness (QED) is 0.873. The van der Waals surface area contributed by atoms with Crippen molar-refractivity contribution >= 4 is 34.4 Å². The zero-order valence-electron chi connectivity index (χ0n) is 9.94. The van der Waals surface area contributed by atoms with Crippen LogP contribution in [0.4, 0.5) is 0 Å². The molecule has 1 fully saturated rings. The Balaban J connectivity index is 1.73. The lowest BCUT2D eigenvalue weighted by molar-refractivity contribution is 0.592. The van der Waals surface area contributed by atoms with Gasteiger partial charge in [0, 0.05) is 33.4 Å². The summed E-state index contributed by atoms with van der Waals surface area (Å²) in [5, 5.41) is 7.09. The van der Waals surface area contributed by atoms with Gasteiger partial charge >= 0.3 is 0 Å². The molecule has 0 spiro atoms. The zero-order valence-corrected chi connectivity index (χ0v) is 12.4. The van der Waals surface area contributed by atoms with E-state index in [4.69, 9.17) is 4.98 Å². The van der Waals surface area contributed by atoms with Crippen molar-refractivity contribution < 1.29 is 0 Å². The minimum Gasteiger partial charge on any atom is -0.306 e. The molecule has 1 saturated heterocycles. The highest BCUT2D eigenvalue weighted by Crippen LogP contribution is 2.40. The first-order valence-electron chi connectivity index (χ1n) is 6.29. The number of thiophene rings is 1. The highest BCUT2D eigenvalue weighted by molar-refractivity contribution is 7.99. The molecule has 3 heterocycles. The molecular formula is C13H14N2S3. The molecule has 1 atom stereocenters. The molecule has 0 saturated carbocycles. The lowest BCUT2D eigenvalue weighted by atomic mass is 10.0. The molecule has 0 aromatic carbocycles. The minimum absolute atomic E-state index is 0.474. The van der Waals surface area contributed by atoms with E-state index in [0.29, 0.717) is 6.04 Å². The van der Waals surface area contributed by atoms with Gasteiger partial charge in [-0.05, 0) is 24.3 Å². The van der Waals surface area contributed by atoms with Gasteiger partial charge in [-0.1, -0.05) is 0 Å². The van der Waals surface area contributed by atoms with Crippen LogP contribution in [0.3, 0.4) is 0 Å². The summed E-state index contributed by atoms with van der Waals surface area (Å²) in [5.41, 5.74) is 2.67. The number of thioether (sulfide) groups is 1. The van der Waals surface area contributed by atoms with Gasteiger partial charge in [0.25, 0.3) is 0 Å². The molecule has 0 bridgehead atoms. The van der Waals surface area contributed by atoms with Gasteiger partial charge in [-0.2, -0.15) is 11.8 Å². The first kappa shape index (κ1) is 11.5. The topological polar surface area (TPSA) is 24.9 Å². The fourth-order valence-corrected chi connectivity index (χ4v) is 5.68. The van der Waals surface area contributed by atoms with Gasteiger partial charge in [0.15, 0.2) is 0 Å². The van der Waals surface area contributed by atoms with Crippen LogP contribution < -0.4 is 5.32 Å². The number of aromatic nitrogens is 1. The van der Waals surface area contributed by atoms with Crippen LogP contribution in [0, 0.1) is 0 Å². The Hall–Kier alpha value is -0.360. The smallest absolute Gasteiger partial charge is 0.111 e. The fraction of sp³-hybridized carbons (Fsp3) is 0.462. The van der Waals surface area contributed by atoms with Gasteiger partial charge in [-0.3, -0.25) is 0 Å². The molecular weight excluding hydrogens is 280 g/mol. The van der Waals surface area contributed by atoms with Gasteiger partial charge in [0.05, 0.1) is 11.7 Å². The van der Waals surface area contributed by atoms with Crippen LogP contribution in [0.2, 0.25) is 0 Å². The summed E-state index contributed by atoms with van der Waals surface area (Å²) in [5.74, 6) is 2.40. The van der Waals surface area contributed by atoms with E-state index < -0.39 is 0 Å². The molecule has 2 aromatic heterocycles. The van der Waals surface area contributed by atoms with E-state index in [1.807, 2.05) is 34.4 Å². The number of aryl methyl sites for hydroxylation is 2. The minimum atomic E-state index is 0.474. The Morgan fingerprint density at radius 3 is 3.11 bits per heavy atom. The second-order valence-electron chi connectivity index (χ2n) is 4.66. The Labute approximate surface area is 119 Å². The van der Waals surface area contributed by atoms with Crippen molar-refractivity contribution in [2.45, 2.75) is 18.9 Å². The molecule has 0 radical (unpaired) electrons. The maximum atomic E-state index is 4.94. The average Bonchev–Trinajstić information content (AvgIpc) is 3.05. The summed E-state index contributed by atoms with van der Waals surface area (Å²) in [6, 6.07) is 2.71. The van der Waals surface area contributed by atoms with E-state index in [-0.39, 0.29) is 0 Å². The zero-order chi connectivity index (χ0) is 11.9. The van der Waals surface area contributed by atoms with Crippen LogP contribution in [0.25, 0.3) is 11.3 Å². The van der Waals surface area contributed by atoms with Gasteiger partial charge < -0.3 is 5.32 Å². The normalized spacial score (nSPS) is 22.6. The van der Waals surface area contributed by atoms with Gasteiger partial charge in [-0.15, -0.1) is 22.7 Å². The fourth-order valence-electron chi connectivity index (χ4n) is 2.60. The molecule has 2 aliphatic rings. The summed E-state index contributed by atoms with van der Waals surface area (Å²) in [6.07, 6.45) is 2.38. The third kappa shape index (κ3) is 1.84. The lowest BCUT2D eigenvalue weighted by Gasteiger charge is -2.20. The number of thiazole rings is 1. The van der Waals surface area contributed by atoms with Crippen molar-refractivity contribution in [1.29, 1.82) is 0 Å². The second kappa shape index (κ2) is 4.63. The van der Waals surface area contributed by atoms with Crippen LogP contribution in [0.5, 0.6) is 0 Å². The van der Waals surface area contributed by atoms with Gasteiger partial charge in [0.1, 0.15) is 5.01 Å². The van der Waals surface area contributed by atoms with Crippen molar-refractivity contribution in [2.75, 3.05) is 18.1 Å². The molecule has 1 N–H and O–H groups in total. The van der Waals surface area contributed by atoms with Crippen molar-refractivity contribution in [2.24, 2.45) is 0 Å². The monoisotopic (exact) mass is 294 g/mol. The van der Waals surface area contributed by atoms with Crippen molar-refractivity contribution in [1.82, 2.24) is 10.3 Å². The Morgan fingerprint density at radius 2 is 2.22 bits per heavy atom. The van der Waals surface area contributed by atoms with E-state index in [1.165, 1.54) is 50.4 Å². The highest BCUT2D eigenvalue weighted by atomic mass is 32.2. The first-order valence-corrected chi connectivity index (χ1v) is 9.14. The highest BCUT2D eigenvalue weighted by Gasteiger charge is 2.25. The number of hydrogen-bond donors (Lipinski definition) is 1. The predicted molar refractivity (Wildman–Crippen MR) is 80.9 cm³/mol. The van der Waals surface area contributed by atoms with Crippen LogP contribution in [0.15, 0.2) is 11.4 Å². The van der Waals surface area contributed by atoms with E-state index in [1.54, 1.807) is 0 Å². The molecule has 1 aliphatic heterocycles. The summed E-state index contributed by atoms with van der Waals surface area (Å²) in [4.78, 5) is 7.95. The largest absolute Gasteiger partial charge is 0.306 e. The molecule has 2 aromatic rings. The van der Waals surface area contributed by atoms with Crippen LogP contribution in [-0.2, 0) is 12.8 Å². The SMILES string of the molecule is c1cc2c(s1)CCc1sc(C3CSCCN3)nc1-2. The van der Waals surface area contributed by atoms with E-state index in [0.717, 1.165) is 6.54 Å². The van der Waals surface area contributed by atoms with E-state index in [9.17, 15) is 0 Å². The molecule has 5 heteroatoms. The Bertz CT molecular complexity index is 567. The lowest BCUT2D eigenvalue weighted by Crippen LogP contribution is -2.30. The Kier molecular flexibility index (Phi) is 2.95. The van der Waals surface area contributed by atoms with Crippen molar-refractivity contribution in [3.8, 4) is 11.3 Å². The number of nitrogens with zero attached hydrogens (tertiary/aromatic N) is 1. The molecule has 4 rings (SSSR count). The van der Waals surface area contributed by atoms with Crippen molar-refractivity contribution in [3.05, 3.63) is 26.2 Å². The number of hydrogen-bond acceptors (Lipinski definition) is 5. The van der Waals surface area contributed by atoms with E-state index in [2.05, 4.69) is 16.8 Å². The summed E-state index contributed by atoms with van der Waals surface area (Å²) >= 11 is 5.84.